The number of anilines is 1. The summed E-state index contributed by atoms with van der Waals surface area (Å²) < 4.78 is 4.36. The number of hydrogen-bond acceptors (Lipinski definition) is 7. The van der Waals surface area contributed by atoms with Crippen LogP contribution in [0.25, 0.3) is 22.1 Å². The minimum Gasteiger partial charge on any atom is -0.341 e. The maximum atomic E-state index is 13.7. The van der Waals surface area contributed by atoms with Crippen molar-refractivity contribution in [3.05, 3.63) is 57.1 Å². The number of nitrogens with two attached hydrogens (primary N) is 1. The number of imidazole rings is 1. The van der Waals surface area contributed by atoms with E-state index in [2.05, 4.69) is 26.7 Å². The van der Waals surface area contributed by atoms with E-state index < -0.39 is 11.2 Å². The Morgan fingerprint density at radius 3 is 2.79 bits per heavy atom. The summed E-state index contributed by atoms with van der Waals surface area (Å²) in [7, 11) is 1.62. The lowest BCUT2D eigenvalue weighted by Gasteiger charge is -2.31. The van der Waals surface area contributed by atoms with Gasteiger partial charge in [0.2, 0.25) is 5.95 Å². The molecule has 1 aromatic carbocycles. The van der Waals surface area contributed by atoms with Gasteiger partial charge < -0.3 is 10.6 Å². The summed E-state index contributed by atoms with van der Waals surface area (Å²) >= 11 is 0. The fourth-order valence-electron chi connectivity index (χ4n) is 4.47. The van der Waals surface area contributed by atoms with E-state index in [1.807, 2.05) is 24.3 Å². The Morgan fingerprint density at radius 2 is 2.00 bits per heavy atom. The second-order valence-electron chi connectivity index (χ2n) is 8.52. The molecular formula is C24H26N8O2. The zero-order valence-corrected chi connectivity index (χ0v) is 19.2. The number of nitrogens with zero attached hydrogens (tertiary/aromatic N) is 7. The third-order valence-electron chi connectivity index (χ3n) is 6.21. The molecule has 1 fully saturated rings. The zero-order valence-electron chi connectivity index (χ0n) is 19.2. The standard InChI is InChI=1S/C24H26N8O2/c1-3-4-12-31-20-21(28-23(31)30-11-7-9-17(25)14-30)29(2)24(34)32(22(20)33)15-19-26-13-16-8-5-6-10-18(16)27-19/h5-6,8,10,13,17H,7,9,11-12,14-15,25H2,1-2H3. The molecule has 0 spiro atoms. The van der Waals surface area contributed by atoms with Gasteiger partial charge in [0.05, 0.1) is 18.6 Å². The molecule has 34 heavy (non-hydrogen) atoms. The predicted molar refractivity (Wildman–Crippen MR) is 131 cm³/mol. The zero-order chi connectivity index (χ0) is 23.8. The number of para-hydroxylation sites is 1. The third-order valence-corrected chi connectivity index (χ3v) is 6.21. The summed E-state index contributed by atoms with van der Waals surface area (Å²) in [4.78, 5) is 42.5. The molecule has 3 aromatic heterocycles. The van der Waals surface area contributed by atoms with Gasteiger partial charge in [0, 0.05) is 37.8 Å². The smallest absolute Gasteiger partial charge is 0.332 e. The van der Waals surface area contributed by atoms with Crippen LogP contribution in [-0.2, 0) is 20.1 Å². The van der Waals surface area contributed by atoms with Crippen molar-refractivity contribution in [1.82, 2.24) is 28.7 Å². The van der Waals surface area contributed by atoms with Crippen molar-refractivity contribution >= 4 is 28.0 Å². The van der Waals surface area contributed by atoms with E-state index in [0.29, 0.717) is 29.5 Å². The molecule has 1 unspecified atom stereocenters. The number of fused-ring (bicyclic) bond motifs is 2. The Hall–Kier alpha value is -3.97. The van der Waals surface area contributed by atoms with E-state index >= 15 is 0 Å². The highest BCUT2D eigenvalue weighted by molar-refractivity contribution is 5.77. The maximum Gasteiger partial charge on any atom is 0.332 e. The molecule has 0 radical (unpaired) electrons. The average Bonchev–Trinajstić information content (AvgIpc) is 3.23. The van der Waals surface area contributed by atoms with E-state index in [0.717, 1.165) is 34.9 Å². The molecular weight excluding hydrogens is 432 g/mol. The third kappa shape index (κ3) is 3.74. The molecule has 1 saturated heterocycles. The van der Waals surface area contributed by atoms with Crippen LogP contribution in [0.3, 0.4) is 0 Å². The molecule has 0 saturated carbocycles. The van der Waals surface area contributed by atoms with Gasteiger partial charge in [-0.1, -0.05) is 24.1 Å². The number of benzene rings is 1. The predicted octanol–water partition coefficient (Wildman–Crippen LogP) is 0.839. The molecule has 174 valence electrons. The van der Waals surface area contributed by atoms with E-state index in [9.17, 15) is 9.59 Å². The van der Waals surface area contributed by atoms with Crippen molar-refractivity contribution in [3.63, 3.8) is 0 Å². The lowest BCUT2D eigenvalue weighted by atomic mass is 10.1. The SMILES string of the molecule is CC#CCn1c(N2CCCC(N)C2)nc2c1c(=O)n(Cc1ncc3ccccc3n1)c(=O)n2C. The topological polar surface area (TPSA) is 117 Å². The molecule has 4 aromatic rings. The second-order valence-corrected chi connectivity index (χ2v) is 8.52. The number of rotatable bonds is 4. The summed E-state index contributed by atoms with van der Waals surface area (Å²) in [5.41, 5.74) is 6.71. The highest BCUT2D eigenvalue weighted by Gasteiger charge is 2.26. The Kier molecular flexibility index (Phi) is 5.63. The van der Waals surface area contributed by atoms with Crippen LogP contribution in [-0.4, -0.2) is 47.8 Å². The van der Waals surface area contributed by atoms with E-state index in [1.54, 1.807) is 24.7 Å². The molecule has 10 heteroatoms. The van der Waals surface area contributed by atoms with E-state index in [4.69, 9.17) is 10.7 Å². The Balaban J connectivity index is 1.68. The number of hydrogen-bond donors (Lipinski definition) is 1. The summed E-state index contributed by atoms with van der Waals surface area (Å²) in [5.74, 6) is 6.92. The minimum atomic E-state index is -0.470. The maximum absolute atomic E-state index is 13.7. The largest absolute Gasteiger partial charge is 0.341 e. The van der Waals surface area contributed by atoms with Gasteiger partial charge in [-0.05, 0) is 25.8 Å². The molecule has 1 atom stereocenters. The first kappa shape index (κ1) is 21.9. The molecule has 1 aliphatic heterocycles. The molecule has 1 aliphatic rings. The minimum absolute atomic E-state index is 0.0322. The van der Waals surface area contributed by atoms with Crippen LogP contribution in [0.15, 0.2) is 40.1 Å². The molecule has 0 aliphatic carbocycles. The van der Waals surface area contributed by atoms with Crippen LogP contribution in [0.1, 0.15) is 25.6 Å². The summed E-state index contributed by atoms with van der Waals surface area (Å²) in [6.45, 7) is 3.41. The van der Waals surface area contributed by atoms with Crippen LogP contribution >= 0.6 is 0 Å². The fourth-order valence-corrected chi connectivity index (χ4v) is 4.47. The van der Waals surface area contributed by atoms with Gasteiger partial charge >= 0.3 is 5.69 Å². The quantitative estimate of drug-likeness (QED) is 0.450. The Labute approximate surface area is 195 Å². The first-order chi connectivity index (χ1) is 16.5. The fraction of sp³-hybridized carbons (Fsp3) is 0.375. The van der Waals surface area contributed by atoms with Crippen molar-refractivity contribution in [2.24, 2.45) is 12.8 Å². The highest BCUT2D eigenvalue weighted by atomic mass is 16.2. The number of aryl methyl sites for hydroxylation is 1. The van der Waals surface area contributed by atoms with Crippen molar-refractivity contribution in [2.45, 2.75) is 38.9 Å². The molecule has 4 heterocycles. The molecule has 5 rings (SSSR count). The Morgan fingerprint density at radius 1 is 1.18 bits per heavy atom. The van der Waals surface area contributed by atoms with Gasteiger partial charge in [-0.15, -0.1) is 5.92 Å². The van der Waals surface area contributed by atoms with Gasteiger partial charge in [0.25, 0.3) is 5.56 Å². The van der Waals surface area contributed by atoms with E-state index in [1.165, 1.54) is 4.57 Å². The van der Waals surface area contributed by atoms with Crippen molar-refractivity contribution in [3.8, 4) is 11.8 Å². The molecule has 0 bridgehead atoms. The first-order valence-electron chi connectivity index (χ1n) is 11.3. The number of aromatic nitrogens is 6. The monoisotopic (exact) mass is 458 g/mol. The van der Waals surface area contributed by atoms with Crippen molar-refractivity contribution < 1.29 is 0 Å². The summed E-state index contributed by atoms with van der Waals surface area (Å²) in [6, 6.07) is 7.62. The first-order valence-corrected chi connectivity index (χ1v) is 11.3. The van der Waals surface area contributed by atoms with Gasteiger partial charge in [-0.2, -0.15) is 4.98 Å². The normalized spacial score (nSPS) is 16.1. The lowest BCUT2D eigenvalue weighted by molar-refractivity contribution is 0.496. The average molecular weight is 459 g/mol. The molecule has 10 nitrogen and oxygen atoms in total. The molecule has 2 N–H and O–H groups in total. The summed E-state index contributed by atoms with van der Waals surface area (Å²) in [5, 5.41) is 0.891. The second kappa shape index (κ2) is 8.76. The number of piperidine rings is 1. The van der Waals surface area contributed by atoms with Crippen molar-refractivity contribution in [1.29, 1.82) is 0 Å². The highest BCUT2D eigenvalue weighted by Crippen LogP contribution is 2.23. The van der Waals surface area contributed by atoms with Crippen LogP contribution in [0.4, 0.5) is 5.95 Å². The lowest BCUT2D eigenvalue weighted by Crippen LogP contribution is -2.44. The molecule has 0 amide bonds. The Bertz CT molecular complexity index is 1570. The van der Waals surface area contributed by atoms with Crippen LogP contribution in [0.5, 0.6) is 0 Å². The van der Waals surface area contributed by atoms with Crippen LogP contribution in [0, 0.1) is 11.8 Å². The van der Waals surface area contributed by atoms with Gasteiger partial charge in [-0.25, -0.2) is 14.8 Å². The van der Waals surface area contributed by atoms with Gasteiger partial charge in [0.15, 0.2) is 11.2 Å². The van der Waals surface area contributed by atoms with Gasteiger partial charge in [0.1, 0.15) is 5.82 Å². The van der Waals surface area contributed by atoms with Crippen molar-refractivity contribution in [2.75, 3.05) is 18.0 Å². The van der Waals surface area contributed by atoms with Gasteiger partial charge in [-0.3, -0.25) is 18.5 Å². The van der Waals surface area contributed by atoms with Crippen LogP contribution in [0.2, 0.25) is 0 Å². The van der Waals surface area contributed by atoms with Crippen LogP contribution < -0.4 is 21.9 Å². The van der Waals surface area contributed by atoms with E-state index in [-0.39, 0.29) is 19.1 Å². The summed E-state index contributed by atoms with van der Waals surface area (Å²) in [6.07, 6.45) is 3.58.